The Morgan fingerprint density at radius 1 is 0.386 bits per heavy atom. The summed E-state index contributed by atoms with van der Waals surface area (Å²) in [7, 11) is 8.62. The number of carbonyl (C=O) groups is 4. The lowest BCUT2D eigenvalue weighted by atomic mass is 9.88. The summed E-state index contributed by atoms with van der Waals surface area (Å²) >= 11 is 0. The highest BCUT2D eigenvalue weighted by atomic mass is 16.5. The lowest BCUT2D eigenvalue weighted by molar-refractivity contribution is 0.0816. The van der Waals surface area contributed by atoms with Crippen LogP contribution in [-0.2, 0) is 0 Å². The number of carbonyl (C=O) groups excluding carboxylic acids is 4. The van der Waals surface area contributed by atoms with Crippen molar-refractivity contribution >= 4 is 23.1 Å². The average molecular weight is 599 g/mol. The molecule has 4 aromatic rings. The zero-order valence-electron chi connectivity index (χ0n) is 25.0. The van der Waals surface area contributed by atoms with E-state index in [2.05, 4.69) is 0 Å². The molecule has 0 fully saturated rings. The van der Waals surface area contributed by atoms with Crippen LogP contribution in [-0.4, -0.2) is 65.8 Å². The van der Waals surface area contributed by atoms with Crippen LogP contribution in [0.25, 0.3) is 11.1 Å². The van der Waals surface area contributed by atoms with Gasteiger partial charge in [-0.3, -0.25) is 19.2 Å². The topological polar surface area (TPSA) is 124 Å². The Hall–Kier alpha value is -5.64. The Kier molecular flexibility index (Phi) is 9.64. The molecule has 0 saturated carbocycles. The Balaban J connectivity index is 1.85. The van der Waals surface area contributed by atoms with Gasteiger partial charge in [-0.05, 0) is 83.9 Å². The standard InChI is InChI=1S/C34H30O10/c1-39-21-9-11-23(33(37)31(35)19-7-13-27(41-3)29(15-19)43-5)25(17-21)26-18-22(40-2)10-12-24(26)34(38)32(36)20-8-14-28(42-4)30(16-20)44-6/h7-18H,1-6H3. The fraction of sp³-hybridized carbons (Fsp3) is 0.176. The van der Waals surface area contributed by atoms with Crippen molar-refractivity contribution in [2.75, 3.05) is 42.7 Å². The van der Waals surface area contributed by atoms with Crippen LogP contribution in [0.5, 0.6) is 34.5 Å². The summed E-state index contributed by atoms with van der Waals surface area (Å²) in [5, 5.41) is 0. The number of ketones is 4. The van der Waals surface area contributed by atoms with Crippen LogP contribution < -0.4 is 28.4 Å². The zero-order valence-corrected chi connectivity index (χ0v) is 25.0. The van der Waals surface area contributed by atoms with Gasteiger partial charge in [0.1, 0.15) is 11.5 Å². The predicted octanol–water partition coefficient (Wildman–Crippen LogP) is 5.54. The minimum atomic E-state index is -0.859. The molecule has 0 bridgehead atoms. The highest BCUT2D eigenvalue weighted by Gasteiger charge is 2.28. The molecule has 4 aromatic carbocycles. The molecule has 0 aliphatic carbocycles. The van der Waals surface area contributed by atoms with Gasteiger partial charge >= 0.3 is 0 Å². The van der Waals surface area contributed by atoms with Crippen LogP contribution in [0.1, 0.15) is 41.4 Å². The van der Waals surface area contributed by atoms with Gasteiger partial charge in [0.2, 0.25) is 23.1 Å². The molecule has 0 aliphatic rings. The predicted molar refractivity (Wildman–Crippen MR) is 161 cm³/mol. The van der Waals surface area contributed by atoms with E-state index in [9.17, 15) is 19.2 Å². The molecule has 0 unspecified atom stereocenters. The van der Waals surface area contributed by atoms with E-state index in [0.29, 0.717) is 23.0 Å². The van der Waals surface area contributed by atoms with Gasteiger partial charge in [0, 0.05) is 22.3 Å². The highest BCUT2D eigenvalue weighted by molar-refractivity contribution is 6.51. The Bertz CT molecular complexity index is 1630. The van der Waals surface area contributed by atoms with Gasteiger partial charge in [-0.1, -0.05) is 0 Å². The van der Waals surface area contributed by atoms with Crippen molar-refractivity contribution in [3.05, 3.63) is 95.1 Å². The number of ether oxygens (including phenoxy) is 6. The summed E-state index contributed by atoms with van der Waals surface area (Å²) in [4.78, 5) is 54.4. The zero-order chi connectivity index (χ0) is 32.0. The molecule has 10 nitrogen and oxygen atoms in total. The maximum Gasteiger partial charge on any atom is 0.234 e. The van der Waals surface area contributed by atoms with Crippen LogP contribution in [0.4, 0.5) is 0 Å². The van der Waals surface area contributed by atoms with Crippen LogP contribution >= 0.6 is 0 Å². The van der Waals surface area contributed by atoms with Crippen molar-refractivity contribution in [3.63, 3.8) is 0 Å². The van der Waals surface area contributed by atoms with Gasteiger partial charge < -0.3 is 28.4 Å². The molecule has 226 valence electrons. The van der Waals surface area contributed by atoms with Crippen molar-refractivity contribution in [2.24, 2.45) is 0 Å². The largest absolute Gasteiger partial charge is 0.497 e. The number of rotatable bonds is 13. The lowest BCUT2D eigenvalue weighted by Gasteiger charge is -2.16. The highest BCUT2D eigenvalue weighted by Crippen LogP contribution is 2.36. The third-order valence-corrected chi connectivity index (χ3v) is 6.94. The number of Topliss-reactive ketones (excluding diaryl/α,β-unsaturated/α-hetero) is 4. The van der Waals surface area contributed by atoms with E-state index in [4.69, 9.17) is 28.4 Å². The fourth-order valence-corrected chi connectivity index (χ4v) is 4.60. The second kappa shape index (κ2) is 13.6. The number of benzene rings is 4. The van der Waals surface area contributed by atoms with Crippen molar-refractivity contribution in [2.45, 2.75) is 0 Å². The van der Waals surface area contributed by atoms with Crippen molar-refractivity contribution in [1.82, 2.24) is 0 Å². The van der Waals surface area contributed by atoms with Gasteiger partial charge in [-0.2, -0.15) is 0 Å². The quantitative estimate of drug-likeness (QED) is 0.143. The van der Waals surface area contributed by atoms with Gasteiger partial charge in [0.25, 0.3) is 0 Å². The molecule has 0 heterocycles. The number of hydrogen-bond donors (Lipinski definition) is 0. The Morgan fingerprint density at radius 3 is 1.07 bits per heavy atom. The van der Waals surface area contributed by atoms with Crippen LogP contribution in [0.15, 0.2) is 72.8 Å². The molecule has 0 spiro atoms. The van der Waals surface area contributed by atoms with E-state index in [1.54, 1.807) is 0 Å². The molecule has 0 atom stereocenters. The van der Waals surface area contributed by atoms with Gasteiger partial charge in [0.05, 0.1) is 42.7 Å². The lowest BCUT2D eigenvalue weighted by Crippen LogP contribution is -2.18. The van der Waals surface area contributed by atoms with Crippen molar-refractivity contribution < 1.29 is 47.6 Å². The molecule has 0 saturated heterocycles. The minimum Gasteiger partial charge on any atom is -0.497 e. The summed E-state index contributed by atoms with van der Waals surface area (Å²) in [5.74, 6) is -1.34. The molecule has 44 heavy (non-hydrogen) atoms. The fourth-order valence-electron chi connectivity index (χ4n) is 4.60. The van der Waals surface area contributed by atoms with E-state index in [1.165, 1.54) is 115 Å². The summed E-state index contributed by atoms with van der Waals surface area (Å²) in [5.41, 5.74) is 0.467. The molecule has 0 N–H and O–H groups in total. The van der Waals surface area contributed by atoms with Crippen LogP contribution in [0.2, 0.25) is 0 Å². The van der Waals surface area contributed by atoms with Crippen molar-refractivity contribution in [3.8, 4) is 45.6 Å². The average Bonchev–Trinajstić information content (AvgIpc) is 3.08. The summed E-state index contributed by atoms with van der Waals surface area (Å²) < 4.78 is 31.8. The number of hydrogen-bond acceptors (Lipinski definition) is 10. The molecule has 0 radical (unpaired) electrons. The van der Waals surface area contributed by atoms with Crippen LogP contribution in [0.3, 0.4) is 0 Å². The summed E-state index contributed by atoms with van der Waals surface area (Å²) in [6, 6.07) is 17.7. The maximum absolute atomic E-state index is 13.7. The van der Waals surface area contributed by atoms with Gasteiger partial charge in [-0.15, -0.1) is 0 Å². The van der Waals surface area contributed by atoms with Crippen molar-refractivity contribution in [1.29, 1.82) is 0 Å². The van der Waals surface area contributed by atoms with E-state index >= 15 is 0 Å². The van der Waals surface area contributed by atoms with Crippen LogP contribution in [0, 0.1) is 0 Å². The Labute approximate surface area is 254 Å². The minimum absolute atomic E-state index is 0.0218. The molecule has 10 heteroatoms. The smallest absolute Gasteiger partial charge is 0.234 e. The third kappa shape index (κ3) is 6.10. The first kappa shape index (κ1) is 31.3. The summed E-state index contributed by atoms with van der Waals surface area (Å²) in [6.45, 7) is 0. The first-order valence-electron chi connectivity index (χ1n) is 13.2. The monoisotopic (exact) mass is 598 g/mol. The third-order valence-electron chi connectivity index (χ3n) is 6.94. The second-order valence-electron chi connectivity index (χ2n) is 9.28. The maximum atomic E-state index is 13.7. The molecule has 0 amide bonds. The van der Waals surface area contributed by atoms with Gasteiger partial charge in [-0.25, -0.2) is 0 Å². The molecule has 0 aromatic heterocycles. The first-order valence-corrected chi connectivity index (χ1v) is 13.2. The van der Waals surface area contributed by atoms with E-state index in [-0.39, 0.29) is 44.9 Å². The van der Waals surface area contributed by atoms with Gasteiger partial charge in [0.15, 0.2) is 23.0 Å². The van der Waals surface area contributed by atoms with E-state index in [0.717, 1.165) is 0 Å². The Morgan fingerprint density at radius 2 is 0.750 bits per heavy atom. The first-order chi connectivity index (χ1) is 21.2. The number of methoxy groups -OCH3 is 6. The molecule has 0 aliphatic heterocycles. The molecular formula is C34H30O10. The normalized spacial score (nSPS) is 10.4. The SMILES string of the molecule is COc1ccc(C(=O)C(=O)c2ccc(OC)c(OC)c2)c(-c2cc(OC)ccc2C(=O)C(=O)c2ccc(OC)c(OC)c2)c1. The van der Waals surface area contributed by atoms with E-state index in [1.807, 2.05) is 0 Å². The van der Waals surface area contributed by atoms with E-state index < -0.39 is 23.1 Å². The molecule has 4 rings (SSSR count). The second-order valence-corrected chi connectivity index (χ2v) is 9.28. The summed E-state index contributed by atoms with van der Waals surface area (Å²) in [6.07, 6.45) is 0. The molecular weight excluding hydrogens is 568 g/mol.